The minimum absolute atomic E-state index is 0.0129. The number of aromatic nitrogens is 3. The fourth-order valence-electron chi connectivity index (χ4n) is 5.30. The molecule has 7 heteroatoms. The van der Waals surface area contributed by atoms with Crippen LogP contribution in [-0.4, -0.2) is 26.6 Å². The van der Waals surface area contributed by atoms with Gasteiger partial charge in [-0.2, -0.15) is 5.10 Å². The Morgan fingerprint density at radius 1 is 1.30 bits per heavy atom. The minimum atomic E-state index is -0.272. The van der Waals surface area contributed by atoms with Crippen LogP contribution in [0.25, 0.3) is 0 Å². The highest BCUT2D eigenvalue weighted by Gasteiger charge is 2.56. The van der Waals surface area contributed by atoms with Crippen molar-refractivity contribution in [1.82, 2.24) is 14.8 Å². The molecule has 0 amide bonds. The molecule has 3 saturated carbocycles. The van der Waals surface area contributed by atoms with Crippen molar-refractivity contribution in [3.8, 4) is 0 Å². The Morgan fingerprint density at radius 2 is 2.03 bits per heavy atom. The Hall–Kier alpha value is -2.02. The van der Waals surface area contributed by atoms with E-state index >= 15 is 0 Å². The molecule has 2 aromatic heterocycles. The first-order chi connectivity index (χ1) is 14.3. The molecular formula is C23H29BrN4O2. The van der Waals surface area contributed by atoms with Crippen molar-refractivity contribution in [2.75, 3.05) is 5.32 Å². The van der Waals surface area contributed by atoms with E-state index in [0.29, 0.717) is 34.7 Å². The van der Waals surface area contributed by atoms with Gasteiger partial charge in [-0.05, 0) is 76.1 Å². The Labute approximate surface area is 185 Å². The number of rotatable bonds is 7. The van der Waals surface area contributed by atoms with Gasteiger partial charge in [0.2, 0.25) is 0 Å². The first-order valence-electron chi connectivity index (χ1n) is 10.7. The zero-order chi connectivity index (χ0) is 21.5. The molecule has 2 bridgehead atoms. The largest absolute Gasteiger partial charge is 0.380 e. The SMILES string of the molecule is C[C@@H]1[C@@H](Nc2cnn(CC(=O)CCc3ccncc3)c(=O)c2Br)C[C@H]2C[C@@H]1C2(C)C. The molecule has 2 aromatic rings. The second-order valence-electron chi connectivity index (χ2n) is 9.44. The number of anilines is 1. The maximum absolute atomic E-state index is 12.8. The normalized spacial score (nSPS) is 26.7. The van der Waals surface area contributed by atoms with Gasteiger partial charge in [-0.3, -0.25) is 14.6 Å². The number of fused-ring (bicyclic) bond motifs is 2. The second kappa shape index (κ2) is 8.25. The van der Waals surface area contributed by atoms with Gasteiger partial charge in [0, 0.05) is 24.9 Å². The van der Waals surface area contributed by atoms with Crippen LogP contribution in [0.15, 0.2) is 40.0 Å². The van der Waals surface area contributed by atoms with Crippen molar-refractivity contribution in [3.63, 3.8) is 0 Å². The summed E-state index contributed by atoms with van der Waals surface area (Å²) in [5.41, 5.74) is 1.93. The highest BCUT2D eigenvalue weighted by molar-refractivity contribution is 9.10. The van der Waals surface area contributed by atoms with Crippen LogP contribution < -0.4 is 10.9 Å². The van der Waals surface area contributed by atoms with E-state index in [9.17, 15) is 9.59 Å². The average molecular weight is 473 g/mol. The van der Waals surface area contributed by atoms with E-state index in [2.05, 4.69) is 52.1 Å². The predicted molar refractivity (Wildman–Crippen MR) is 120 cm³/mol. The van der Waals surface area contributed by atoms with Crippen LogP contribution in [0.2, 0.25) is 0 Å². The molecule has 4 atom stereocenters. The lowest BCUT2D eigenvalue weighted by Crippen LogP contribution is -2.58. The molecule has 2 heterocycles. The molecule has 0 saturated heterocycles. The van der Waals surface area contributed by atoms with E-state index in [-0.39, 0.29) is 17.9 Å². The molecule has 3 aliphatic rings. The number of pyridine rings is 1. The fraction of sp³-hybridized carbons (Fsp3) is 0.565. The van der Waals surface area contributed by atoms with Crippen molar-refractivity contribution in [3.05, 3.63) is 51.1 Å². The highest BCUT2D eigenvalue weighted by Crippen LogP contribution is 2.61. The average Bonchev–Trinajstić information content (AvgIpc) is 2.73. The van der Waals surface area contributed by atoms with E-state index in [1.807, 2.05) is 12.1 Å². The van der Waals surface area contributed by atoms with Gasteiger partial charge in [-0.15, -0.1) is 0 Å². The number of hydrogen-bond acceptors (Lipinski definition) is 5. The molecule has 0 spiro atoms. The van der Waals surface area contributed by atoms with E-state index in [0.717, 1.165) is 29.5 Å². The minimum Gasteiger partial charge on any atom is -0.380 e. The second-order valence-corrected chi connectivity index (χ2v) is 10.2. The number of ketones is 1. The zero-order valence-electron chi connectivity index (χ0n) is 17.8. The summed E-state index contributed by atoms with van der Waals surface area (Å²) in [6.45, 7) is 7.05. The predicted octanol–water partition coefficient (Wildman–Crippen LogP) is 4.09. The van der Waals surface area contributed by atoms with Crippen LogP contribution in [0.3, 0.4) is 0 Å². The third-order valence-electron chi connectivity index (χ3n) is 7.45. The summed E-state index contributed by atoms with van der Waals surface area (Å²) in [6.07, 6.45) is 8.53. The third-order valence-corrected chi connectivity index (χ3v) is 8.21. The van der Waals surface area contributed by atoms with Gasteiger partial charge >= 0.3 is 0 Å². The fourth-order valence-corrected chi connectivity index (χ4v) is 5.72. The molecule has 3 fully saturated rings. The van der Waals surface area contributed by atoms with Crippen LogP contribution in [0.1, 0.15) is 45.6 Å². The first-order valence-corrected chi connectivity index (χ1v) is 11.5. The lowest BCUT2D eigenvalue weighted by Gasteiger charge is -2.62. The molecule has 5 rings (SSSR count). The van der Waals surface area contributed by atoms with Gasteiger partial charge in [0.25, 0.3) is 5.56 Å². The summed E-state index contributed by atoms with van der Waals surface area (Å²) in [6, 6.07) is 4.13. The van der Waals surface area contributed by atoms with Crippen LogP contribution >= 0.6 is 15.9 Å². The van der Waals surface area contributed by atoms with Crippen LogP contribution in [0.4, 0.5) is 5.69 Å². The van der Waals surface area contributed by atoms with E-state index in [4.69, 9.17) is 0 Å². The molecule has 160 valence electrons. The summed E-state index contributed by atoms with van der Waals surface area (Å²) in [4.78, 5) is 29.1. The zero-order valence-corrected chi connectivity index (χ0v) is 19.4. The van der Waals surface area contributed by atoms with E-state index < -0.39 is 0 Å². The Morgan fingerprint density at radius 3 is 2.70 bits per heavy atom. The van der Waals surface area contributed by atoms with E-state index in [1.54, 1.807) is 18.6 Å². The lowest BCUT2D eigenvalue weighted by molar-refractivity contribution is -0.119. The van der Waals surface area contributed by atoms with Crippen molar-refractivity contribution in [2.45, 2.75) is 59.0 Å². The summed E-state index contributed by atoms with van der Waals surface area (Å²) < 4.78 is 1.69. The number of hydrogen-bond donors (Lipinski definition) is 1. The van der Waals surface area contributed by atoms with Gasteiger partial charge < -0.3 is 5.32 Å². The smallest absolute Gasteiger partial charge is 0.283 e. The third kappa shape index (κ3) is 3.96. The van der Waals surface area contributed by atoms with Gasteiger partial charge in [0.1, 0.15) is 11.0 Å². The number of nitrogens with zero attached hydrogens (tertiary/aromatic N) is 3. The number of halogens is 1. The van der Waals surface area contributed by atoms with Crippen molar-refractivity contribution < 1.29 is 4.79 Å². The van der Waals surface area contributed by atoms with Gasteiger partial charge in [-0.25, -0.2) is 4.68 Å². The standard InChI is InChI=1S/C23H29BrN4O2/c1-14-18-10-16(23(18,2)3)11-19(14)27-20-12-26-28(22(30)21(20)24)13-17(29)5-4-15-6-8-25-9-7-15/h6-9,12,14,16,18-19,27H,4-5,10-11,13H2,1-3H3/t14-,16+,18-,19-/m0/s1. The number of Topliss-reactive ketones (excluding diaryl/α,β-unsaturated/α-hetero) is 1. The number of aryl methyl sites for hydroxylation is 1. The lowest BCUT2D eigenvalue weighted by atomic mass is 9.45. The first kappa shape index (κ1) is 21.2. The molecule has 1 N–H and O–H groups in total. The molecule has 0 aromatic carbocycles. The van der Waals surface area contributed by atoms with Gasteiger partial charge in [0.05, 0.1) is 11.9 Å². The molecule has 6 nitrogen and oxygen atoms in total. The summed E-state index contributed by atoms with van der Waals surface area (Å²) in [5.74, 6) is 1.99. The number of carbonyl (C=O) groups excluding carboxylic acids is 1. The van der Waals surface area contributed by atoms with Crippen molar-refractivity contribution >= 4 is 27.4 Å². The maximum atomic E-state index is 12.8. The molecule has 3 aliphatic carbocycles. The topological polar surface area (TPSA) is 76.9 Å². The summed E-state index contributed by atoms with van der Waals surface area (Å²) in [7, 11) is 0. The molecule has 0 unspecified atom stereocenters. The van der Waals surface area contributed by atoms with Crippen molar-refractivity contribution in [2.24, 2.45) is 23.2 Å². The number of nitrogens with one attached hydrogen (secondary N) is 1. The van der Waals surface area contributed by atoms with Crippen molar-refractivity contribution in [1.29, 1.82) is 0 Å². The highest BCUT2D eigenvalue weighted by atomic mass is 79.9. The van der Waals surface area contributed by atoms with Gasteiger partial charge in [-0.1, -0.05) is 20.8 Å². The van der Waals surface area contributed by atoms with Crippen LogP contribution in [0, 0.1) is 23.2 Å². The monoisotopic (exact) mass is 472 g/mol. The summed E-state index contributed by atoms with van der Waals surface area (Å²) >= 11 is 3.44. The van der Waals surface area contributed by atoms with Crippen LogP contribution in [0.5, 0.6) is 0 Å². The molecule has 30 heavy (non-hydrogen) atoms. The van der Waals surface area contributed by atoms with Gasteiger partial charge in [0.15, 0.2) is 5.78 Å². The van der Waals surface area contributed by atoms with Crippen LogP contribution in [-0.2, 0) is 17.8 Å². The number of carbonyl (C=O) groups is 1. The molecular weight excluding hydrogens is 444 g/mol. The molecule has 0 aliphatic heterocycles. The quantitative estimate of drug-likeness (QED) is 0.656. The molecule has 0 radical (unpaired) electrons. The maximum Gasteiger partial charge on any atom is 0.283 e. The Balaban J connectivity index is 1.39. The summed E-state index contributed by atoms with van der Waals surface area (Å²) in [5, 5.41) is 7.82. The van der Waals surface area contributed by atoms with E-state index in [1.165, 1.54) is 11.1 Å². The Kier molecular flexibility index (Phi) is 5.84. The Bertz CT molecular complexity index is 988.